The molecule has 6 N–H and O–H groups in total. The van der Waals surface area contributed by atoms with Gasteiger partial charge in [-0.05, 0) is 42.3 Å². The molecule has 6 heteroatoms. The van der Waals surface area contributed by atoms with Gasteiger partial charge in [-0.25, -0.2) is 9.78 Å². The number of aryl methyl sites for hydroxylation is 1. The van der Waals surface area contributed by atoms with E-state index in [9.17, 15) is 15.0 Å². The van der Waals surface area contributed by atoms with Crippen molar-refractivity contribution in [1.29, 1.82) is 0 Å². The molecule has 0 aliphatic carbocycles. The summed E-state index contributed by atoms with van der Waals surface area (Å²) in [7, 11) is 0. The third kappa shape index (κ3) is 2.40. The Hall–Kier alpha value is -3.28. The number of pyridine rings is 1. The van der Waals surface area contributed by atoms with Crippen LogP contribution in [0.2, 0.25) is 0 Å². The molecular weight excluding hydrogens is 294 g/mol. The molecule has 0 aliphatic rings. The number of rotatable bonds is 2. The minimum absolute atomic E-state index is 0.207. The average molecular weight is 309 g/mol. The smallest absolute Gasteiger partial charge is 0.339 e. The summed E-state index contributed by atoms with van der Waals surface area (Å²) in [5.74, 6) is -1.57. The number of benzene rings is 2. The Morgan fingerprint density at radius 2 is 1.83 bits per heavy atom. The summed E-state index contributed by atoms with van der Waals surface area (Å²) in [5, 5.41) is 20.2. The lowest BCUT2D eigenvalue weighted by molar-refractivity contribution is 0.0694. The third-order valence-electron chi connectivity index (χ3n) is 3.72. The Morgan fingerprint density at radius 1 is 1.09 bits per heavy atom. The molecule has 0 atom stereocenters. The van der Waals surface area contributed by atoms with Gasteiger partial charge in [-0.2, -0.15) is 0 Å². The van der Waals surface area contributed by atoms with Crippen molar-refractivity contribution < 1.29 is 15.0 Å². The van der Waals surface area contributed by atoms with Crippen LogP contribution in [0.4, 0.5) is 11.4 Å². The van der Waals surface area contributed by atoms with Gasteiger partial charge in [0, 0.05) is 11.1 Å². The van der Waals surface area contributed by atoms with Gasteiger partial charge >= 0.3 is 5.97 Å². The largest absolute Gasteiger partial charge is 0.505 e. The summed E-state index contributed by atoms with van der Waals surface area (Å²) in [6.07, 6.45) is 0. The highest BCUT2D eigenvalue weighted by atomic mass is 16.4. The number of aromatic hydroxyl groups is 1. The quantitative estimate of drug-likeness (QED) is 0.540. The summed E-state index contributed by atoms with van der Waals surface area (Å²) < 4.78 is 0. The maximum Gasteiger partial charge on any atom is 0.339 e. The summed E-state index contributed by atoms with van der Waals surface area (Å²) in [5.41, 5.74) is 14.5. The molecule has 116 valence electrons. The average Bonchev–Trinajstić information content (AvgIpc) is 2.50. The number of anilines is 2. The fraction of sp³-hybridized carbons (Fsp3) is 0.0588. The standard InChI is InChI=1S/C17H15N3O3/c1-8-2-4-10-11(9-3-5-13(18)14(19)6-9)7-12(17(22)23)16(21)15(10)20-8/h2-7,21H,18-19H2,1H3,(H,22,23). The zero-order chi connectivity index (χ0) is 16.7. The molecule has 1 aromatic heterocycles. The molecule has 0 spiro atoms. The van der Waals surface area contributed by atoms with Gasteiger partial charge in [0.2, 0.25) is 0 Å². The topological polar surface area (TPSA) is 122 Å². The van der Waals surface area contributed by atoms with E-state index in [4.69, 9.17) is 11.5 Å². The first-order valence-corrected chi connectivity index (χ1v) is 6.90. The minimum Gasteiger partial charge on any atom is -0.505 e. The molecule has 6 nitrogen and oxygen atoms in total. The van der Waals surface area contributed by atoms with Crippen LogP contribution in [0, 0.1) is 6.92 Å². The monoisotopic (exact) mass is 309 g/mol. The molecule has 3 rings (SSSR count). The number of phenols is 1. The van der Waals surface area contributed by atoms with E-state index in [0.29, 0.717) is 33.6 Å². The van der Waals surface area contributed by atoms with Crippen LogP contribution in [-0.4, -0.2) is 21.2 Å². The number of hydrogen-bond acceptors (Lipinski definition) is 5. The molecule has 0 fully saturated rings. The van der Waals surface area contributed by atoms with Crippen molar-refractivity contribution in [3.63, 3.8) is 0 Å². The van der Waals surface area contributed by atoms with Crippen molar-refractivity contribution in [2.24, 2.45) is 0 Å². The van der Waals surface area contributed by atoms with Gasteiger partial charge in [0.05, 0.1) is 11.4 Å². The molecular formula is C17H15N3O3. The first kappa shape index (κ1) is 14.6. The number of carbonyl (C=O) groups is 1. The highest BCUT2D eigenvalue weighted by Crippen LogP contribution is 2.37. The van der Waals surface area contributed by atoms with Crippen molar-refractivity contribution >= 4 is 28.2 Å². The lowest BCUT2D eigenvalue weighted by atomic mass is 9.96. The summed E-state index contributed by atoms with van der Waals surface area (Å²) in [4.78, 5) is 15.7. The second-order valence-corrected chi connectivity index (χ2v) is 5.32. The number of hydrogen-bond donors (Lipinski definition) is 4. The van der Waals surface area contributed by atoms with E-state index < -0.39 is 5.97 Å². The van der Waals surface area contributed by atoms with E-state index in [1.165, 1.54) is 6.07 Å². The van der Waals surface area contributed by atoms with E-state index >= 15 is 0 Å². The van der Waals surface area contributed by atoms with Gasteiger partial charge in [-0.3, -0.25) is 0 Å². The maximum atomic E-state index is 11.4. The highest BCUT2D eigenvalue weighted by molar-refractivity contribution is 6.06. The molecule has 0 bridgehead atoms. The third-order valence-corrected chi connectivity index (χ3v) is 3.72. The van der Waals surface area contributed by atoms with Gasteiger partial charge in [0.25, 0.3) is 0 Å². The molecule has 23 heavy (non-hydrogen) atoms. The molecule has 3 aromatic rings. The molecule has 0 saturated carbocycles. The van der Waals surface area contributed by atoms with Crippen LogP contribution >= 0.6 is 0 Å². The lowest BCUT2D eigenvalue weighted by Crippen LogP contribution is -2.00. The number of fused-ring (bicyclic) bond motifs is 1. The first-order chi connectivity index (χ1) is 10.9. The molecule has 0 saturated heterocycles. The number of aromatic nitrogens is 1. The SMILES string of the molecule is Cc1ccc2c(-c3ccc(N)c(N)c3)cc(C(=O)O)c(O)c2n1. The zero-order valence-electron chi connectivity index (χ0n) is 12.4. The van der Waals surface area contributed by atoms with E-state index in [-0.39, 0.29) is 16.8 Å². The molecule has 2 aromatic carbocycles. The van der Waals surface area contributed by atoms with Gasteiger partial charge in [-0.15, -0.1) is 0 Å². The second kappa shape index (κ2) is 5.17. The molecule has 0 radical (unpaired) electrons. The summed E-state index contributed by atoms with van der Waals surface area (Å²) in [6.45, 7) is 1.77. The Balaban J connectivity index is 2.41. The van der Waals surface area contributed by atoms with Crippen LogP contribution in [0.5, 0.6) is 5.75 Å². The summed E-state index contributed by atoms with van der Waals surface area (Å²) >= 11 is 0. The van der Waals surface area contributed by atoms with Crippen molar-refractivity contribution in [2.45, 2.75) is 6.92 Å². The number of nitrogen functional groups attached to an aromatic ring is 2. The van der Waals surface area contributed by atoms with Crippen molar-refractivity contribution in [3.8, 4) is 16.9 Å². The first-order valence-electron chi connectivity index (χ1n) is 6.90. The van der Waals surface area contributed by atoms with E-state index in [1.54, 1.807) is 37.3 Å². The van der Waals surface area contributed by atoms with Crippen LogP contribution in [0.1, 0.15) is 16.1 Å². The zero-order valence-corrected chi connectivity index (χ0v) is 12.4. The Morgan fingerprint density at radius 3 is 2.48 bits per heavy atom. The van der Waals surface area contributed by atoms with Crippen LogP contribution in [0.25, 0.3) is 22.0 Å². The van der Waals surface area contributed by atoms with Gasteiger partial charge in [-0.1, -0.05) is 12.1 Å². The fourth-order valence-corrected chi connectivity index (χ4v) is 2.52. The summed E-state index contributed by atoms with van der Waals surface area (Å²) in [6, 6.07) is 10.1. The van der Waals surface area contributed by atoms with Crippen LogP contribution in [0.15, 0.2) is 36.4 Å². The van der Waals surface area contributed by atoms with Gasteiger partial charge in [0.15, 0.2) is 5.75 Å². The normalized spacial score (nSPS) is 10.8. The van der Waals surface area contributed by atoms with Crippen LogP contribution in [0.3, 0.4) is 0 Å². The van der Waals surface area contributed by atoms with E-state index in [2.05, 4.69) is 4.98 Å². The number of nitrogens with zero attached hydrogens (tertiary/aromatic N) is 1. The van der Waals surface area contributed by atoms with Crippen molar-refractivity contribution in [3.05, 3.63) is 47.7 Å². The fourth-order valence-electron chi connectivity index (χ4n) is 2.52. The lowest BCUT2D eigenvalue weighted by Gasteiger charge is -2.12. The molecule has 0 amide bonds. The Bertz CT molecular complexity index is 951. The number of carboxylic acids is 1. The predicted molar refractivity (Wildman–Crippen MR) is 89.4 cm³/mol. The van der Waals surface area contributed by atoms with E-state index in [1.807, 2.05) is 0 Å². The van der Waals surface area contributed by atoms with Gasteiger partial charge < -0.3 is 21.7 Å². The Labute approximate surface area is 132 Å². The number of aromatic carboxylic acids is 1. The van der Waals surface area contributed by atoms with E-state index in [0.717, 1.165) is 0 Å². The highest BCUT2D eigenvalue weighted by Gasteiger charge is 2.18. The second-order valence-electron chi connectivity index (χ2n) is 5.32. The minimum atomic E-state index is -1.22. The maximum absolute atomic E-state index is 11.4. The molecule has 0 unspecified atom stereocenters. The predicted octanol–water partition coefficient (Wildman–Crippen LogP) is 2.78. The molecule has 0 aliphatic heterocycles. The van der Waals surface area contributed by atoms with Gasteiger partial charge in [0.1, 0.15) is 11.1 Å². The van der Waals surface area contributed by atoms with Crippen molar-refractivity contribution in [2.75, 3.05) is 11.5 Å². The van der Waals surface area contributed by atoms with Crippen LogP contribution in [-0.2, 0) is 0 Å². The number of carboxylic acid groups (broad SMARTS) is 1. The number of nitrogens with two attached hydrogens (primary N) is 2. The Kier molecular flexibility index (Phi) is 3.29. The van der Waals surface area contributed by atoms with Crippen molar-refractivity contribution in [1.82, 2.24) is 4.98 Å². The van der Waals surface area contributed by atoms with Crippen LogP contribution < -0.4 is 11.5 Å². The molecule has 1 heterocycles.